The monoisotopic (exact) mass is 208 g/mol. The van der Waals surface area contributed by atoms with E-state index in [9.17, 15) is 4.79 Å². The highest BCUT2D eigenvalue weighted by molar-refractivity contribution is 5.79. The van der Waals surface area contributed by atoms with Crippen LogP contribution in [0.4, 0.5) is 0 Å². The Morgan fingerprint density at radius 3 is 2.73 bits per heavy atom. The number of ketones is 1. The van der Waals surface area contributed by atoms with Crippen LogP contribution in [0.25, 0.3) is 0 Å². The molecule has 0 aliphatic rings. The number of rotatable bonds is 5. The van der Waals surface area contributed by atoms with Crippen molar-refractivity contribution in [1.82, 2.24) is 0 Å². The van der Waals surface area contributed by atoms with Crippen molar-refractivity contribution >= 4 is 5.78 Å². The highest BCUT2D eigenvalue weighted by Crippen LogP contribution is 2.23. The van der Waals surface area contributed by atoms with Crippen molar-refractivity contribution in [2.45, 2.75) is 26.9 Å². The van der Waals surface area contributed by atoms with E-state index in [-0.39, 0.29) is 12.4 Å². The summed E-state index contributed by atoms with van der Waals surface area (Å²) in [7, 11) is 0. The number of aliphatic hydroxyl groups excluding tert-OH is 1. The van der Waals surface area contributed by atoms with Crippen LogP contribution in [0.15, 0.2) is 18.2 Å². The number of benzene rings is 1. The van der Waals surface area contributed by atoms with E-state index in [1.165, 1.54) is 6.92 Å². The average molecular weight is 208 g/mol. The van der Waals surface area contributed by atoms with Crippen molar-refractivity contribution in [1.29, 1.82) is 0 Å². The minimum atomic E-state index is -0.0659. The molecule has 0 amide bonds. The van der Waals surface area contributed by atoms with Crippen LogP contribution in [0.3, 0.4) is 0 Å². The maximum absolute atomic E-state index is 11.1. The molecule has 1 N–H and O–H groups in total. The Morgan fingerprint density at radius 2 is 2.20 bits per heavy atom. The molecule has 0 saturated heterocycles. The normalized spacial score (nSPS) is 10.1. The van der Waals surface area contributed by atoms with Gasteiger partial charge in [0.25, 0.3) is 0 Å². The molecule has 0 heterocycles. The van der Waals surface area contributed by atoms with Gasteiger partial charge in [0.1, 0.15) is 11.5 Å². The summed E-state index contributed by atoms with van der Waals surface area (Å²) in [5, 5.41) is 9.16. The van der Waals surface area contributed by atoms with Crippen LogP contribution in [-0.4, -0.2) is 17.5 Å². The highest BCUT2D eigenvalue weighted by Gasteiger charge is 2.10. The van der Waals surface area contributed by atoms with Gasteiger partial charge in [0.05, 0.1) is 13.2 Å². The number of hydrogen-bond acceptors (Lipinski definition) is 3. The SMILES string of the molecule is CCOc1cccc(CO)c1CC(C)=O. The molecular formula is C12H16O3. The molecule has 0 spiro atoms. The fourth-order valence-corrected chi connectivity index (χ4v) is 1.50. The highest BCUT2D eigenvalue weighted by atomic mass is 16.5. The molecule has 3 heteroatoms. The van der Waals surface area contributed by atoms with Crippen molar-refractivity contribution in [2.24, 2.45) is 0 Å². The van der Waals surface area contributed by atoms with Crippen molar-refractivity contribution < 1.29 is 14.6 Å². The second-order valence-corrected chi connectivity index (χ2v) is 3.36. The van der Waals surface area contributed by atoms with Gasteiger partial charge in [0.15, 0.2) is 0 Å². The smallest absolute Gasteiger partial charge is 0.134 e. The van der Waals surface area contributed by atoms with Crippen molar-refractivity contribution in [3.63, 3.8) is 0 Å². The van der Waals surface area contributed by atoms with Crippen LogP contribution in [0.1, 0.15) is 25.0 Å². The molecule has 0 aliphatic heterocycles. The Bertz CT molecular complexity index is 345. The summed E-state index contributed by atoms with van der Waals surface area (Å²) < 4.78 is 5.42. The minimum absolute atomic E-state index is 0.0659. The second-order valence-electron chi connectivity index (χ2n) is 3.36. The Labute approximate surface area is 89.7 Å². The third-order valence-electron chi connectivity index (χ3n) is 2.13. The maximum Gasteiger partial charge on any atom is 0.134 e. The van der Waals surface area contributed by atoms with Gasteiger partial charge < -0.3 is 9.84 Å². The molecular weight excluding hydrogens is 192 g/mol. The van der Waals surface area contributed by atoms with Crippen LogP contribution in [0, 0.1) is 0 Å². The molecule has 1 rings (SSSR count). The van der Waals surface area contributed by atoms with E-state index < -0.39 is 0 Å². The zero-order valence-corrected chi connectivity index (χ0v) is 9.12. The summed E-state index contributed by atoms with van der Waals surface area (Å²) in [5.74, 6) is 0.760. The lowest BCUT2D eigenvalue weighted by Crippen LogP contribution is -2.05. The first kappa shape index (κ1) is 11.7. The van der Waals surface area contributed by atoms with Gasteiger partial charge in [0.2, 0.25) is 0 Å². The third-order valence-corrected chi connectivity index (χ3v) is 2.13. The van der Waals surface area contributed by atoms with Gasteiger partial charge in [-0.15, -0.1) is 0 Å². The number of Topliss-reactive ketones (excluding diaryl/α,β-unsaturated/α-hetero) is 1. The standard InChI is InChI=1S/C12H16O3/c1-3-15-12-6-4-5-10(8-13)11(12)7-9(2)14/h4-6,13H,3,7-8H2,1-2H3. The quantitative estimate of drug-likeness (QED) is 0.801. The molecule has 15 heavy (non-hydrogen) atoms. The molecule has 1 aromatic rings. The molecule has 1 aromatic carbocycles. The lowest BCUT2D eigenvalue weighted by molar-refractivity contribution is -0.116. The van der Waals surface area contributed by atoms with Crippen LogP contribution < -0.4 is 4.74 Å². The number of ether oxygens (including phenoxy) is 1. The van der Waals surface area contributed by atoms with Gasteiger partial charge in [-0.2, -0.15) is 0 Å². The van der Waals surface area contributed by atoms with Crippen LogP contribution in [0.2, 0.25) is 0 Å². The zero-order chi connectivity index (χ0) is 11.3. The van der Waals surface area contributed by atoms with E-state index in [1.807, 2.05) is 19.1 Å². The van der Waals surface area contributed by atoms with E-state index in [2.05, 4.69) is 0 Å². The summed E-state index contributed by atoms with van der Waals surface area (Å²) in [6.45, 7) is 3.91. The first-order valence-electron chi connectivity index (χ1n) is 5.02. The van der Waals surface area contributed by atoms with Crippen molar-refractivity contribution in [2.75, 3.05) is 6.61 Å². The van der Waals surface area contributed by atoms with E-state index in [0.717, 1.165) is 11.1 Å². The van der Waals surface area contributed by atoms with Gasteiger partial charge in [-0.1, -0.05) is 12.1 Å². The molecule has 0 atom stereocenters. The van der Waals surface area contributed by atoms with E-state index in [0.29, 0.717) is 18.8 Å². The summed E-state index contributed by atoms with van der Waals surface area (Å²) in [5.41, 5.74) is 1.56. The van der Waals surface area contributed by atoms with Gasteiger partial charge in [-0.3, -0.25) is 4.79 Å². The summed E-state index contributed by atoms with van der Waals surface area (Å²) >= 11 is 0. The first-order valence-corrected chi connectivity index (χ1v) is 5.02. The maximum atomic E-state index is 11.1. The molecule has 0 unspecified atom stereocenters. The number of aliphatic hydroxyl groups is 1. The van der Waals surface area contributed by atoms with Crippen LogP contribution in [0.5, 0.6) is 5.75 Å². The molecule has 0 bridgehead atoms. The molecule has 0 fully saturated rings. The molecule has 0 aromatic heterocycles. The van der Waals surface area contributed by atoms with Gasteiger partial charge in [-0.05, 0) is 25.5 Å². The predicted molar refractivity (Wildman–Crippen MR) is 57.9 cm³/mol. The lowest BCUT2D eigenvalue weighted by atomic mass is 10.0. The summed E-state index contributed by atoms with van der Waals surface area (Å²) in [4.78, 5) is 11.1. The fourth-order valence-electron chi connectivity index (χ4n) is 1.50. The minimum Gasteiger partial charge on any atom is -0.494 e. The molecule has 3 nitrogen and oxygen atoms in total. The van der Waals surface area contributed by atoms with E-state index >= 15 is 0 Å². The van der Waals surface area contributed by atoms with E-state index in [4.69, 9.17) is 9.84 Å². The fraction of sp³-hybridized carbons (Fsp3) is 0.417. The van der Waals surface area contributed by atoms with Gasteiger partial charge in [-0.25, -0.2) is 0 Å². The Balaban J connectivity index is 3.08. The molecule has 0 saturated carbocycles. The van der Waals surface area contributed by atoms with Crippen molar-refractivity contribution in [3.8, 4) is 5.75 Å². The van der Waals surface area contributed by atoms with Gasteiger partial charge in [0, 0.05) is 12.0 Å². The number of carbonyl (C=O) groups is 1. The zero-order valence-electron chi connectivity index (χ0n) is 9.12. The molecule has 0 aliphatic carbocycles. The summed E-state index contributed by atoms with van der Waals surface area (Å²) in [6, 6.07) is 5.45. The van der Waals surface area contributed by atoms with Crippen LogP contribution in [-0.2, 0) is 17.8 Å². The average Bonchev–Trinajstić information content (AvgIpc) is 2.20. The van der Waals surface area contributed by atoms with Gasteiger partial charge >= 0.3 is 0 Å². The number of hydrogen-bond donors (Lipinski definition) is 1. The number of carbonyl (C=O) groups excluding carboxylic acids is 1. The Hall–Kier alpha value is -1.35. The second kappa shape index (κ2) is 5.51. The van der Waals surface area contributed by atoms with Crippen LogP contribution >= 0.6 is 0 Å². The predicted octanol–water partition coefficient (Wildman–Crippen LogP) is 1.71. The third kappa shape index (κ3) is 3.06. The Morgan fingerprint density at radius 1 is 1.47 bits per heavy atom. The molecule has 82 valence electrons. The lowest BCUT2D eigenvalue weighted by Gasteiger charge is -2.12. The summed E-state index contributed by atoms with van der Waals surface area (Å²) in [6.07, 6.45) is 0.312. The Kier molecular flexibility index (Phi) is 4.31. The first-order chi connectivity index (χ1) is 7.19. The van der Waals surface area contributed by atoms with E-state index in [1.54, 1.807) is 6.07 Å². The van der Waals surface area contributed by atoms with Crippen molar-refractivity contribution in [3.05, 3.63) is 29.3 Å². The largest absolute Gasteiger partial charge is 0.494 e. The molecule has 0 radical (unpaired) electrons. The topological polar surface area (TPSA) is 46.5 Å².